The molecule has 0 saturated heterocycles. The Bertz CT molecular complexity index is 3110. The average Bonchev–Trinajstić information content (AvgIpc) is 3.70. The Labute approximate surface area is 412 Å². The summed E-state index contributed by atoms with van der Waals surface area (Å²) >= 11 is 15.9. The third-order valence-corrected chi connectivity index (χ3v) is 14.6. The van der Waals surface area contributed by atoms with Gasteiger partial charge >= 0.3 is 0 Å². The van der Waals surface area contributed by atoms with Gasteiger partial charge in [0.15, 0.2) is 0 Å². The summed E-state index contributed by atoms with van der Waals surface area (Å²) in [6, 6.07) is 64.1. The Kier molecular flexibility index (Phi) is 13.4. The van der Waals surface area contributed by atoms with Gasteiger partial charge in [-0.25, -0.2) is 0 Å². The smallest absolute Gasteiger partial charge is 0.0672 e. The molecule has 0 aliphatic carbocycles. The number of unbranched alkanes of at least 4 members (excludes halogenated alkanes) is 3. The highest BCUT2D eigenvalue weighted by Crippen LogP contribution is 2.53. The van der Waals surface area contributed by atoms with Crippen molar-refractivity contribution in [2.24, 2.45) is 0 Å². The lowest BCUT2D eigenvalue weighted by Crippen LogP contribution is -2.19. The van der Waals surface area contributed by atoms with E-state index in [4.69, 9.17) is 23.2 Å². The van der Waals surface area contributed by atoms with Crippen LogP contribution in [0.15, 0.2) is 176 Å². The number of halogens is 2. The van der Waals surface area contributed by atoms with Gasteiger partial charge < -0.3 is 9.80 Å². The quantitative estimate of drug-likeness (QED) is 0.106. The van der Waals surface area contributed by atoms with Crippen LogP contribution in [0.3, 0.4) is 0 Å². The van der Waals surface area contributed by atoms with E-state index in [0.29, 0.717) is 10.0 Å². The summed E-state index contributed by atoms with van der Waals surface area (Å²) in [6.45, 7) is 16.2. The number of anilines is 6. The first-order valence-electron chi connectivity index (χ1n) is 23.8. The highest BCUT2D eigenvalue weighted by molar-refractivity contribution is 7.26. The molecule has 0 spiro atoms. The second kappa shape index (κ2) is 19.4. The molecule has 2 nitrogen and oxygen atoms in total. The van der Waals surface area contributed by atoms with Crippen molar-refractivity contribution in [3.63, 3.8) is 0 Å². The minimum absolute atomic E-state index is 0.120. The van der Waals surface area contributed by atoms with Gasteiger partial charge in [-0.15, -0.1) is 11.3 Å². The van der Waals surface area contributed by atoms with Crippen LogP contribution in [-0.4, -0.2) is 0 Å². The van der Waals surface area contributed by atoms with Crippen LogP contribution in [0.4, 0.5) is 34.1 Å². The molecule has 0 fully saturated rings. The summed E-state index contributed by atoms with van der Waals surface area (Å²) in [5.74, 6) is 0. The largest absolute Gasteiger partial charge is 0.309 e. The lowest BCUT2D eigenvalue weighted by molar-refractivity contribution is 0.590. The van der Waals surface area contributed by atoms with Crippen LogP contribution in [-0.2, 0) is 17.3 Å². The van der Waals surface area contributed by atoms with Gasteiger partial charge in [-0.2, -0.15) is 0 Å². The van der Waals surface area contributed by atoms with Gasteiger partial charge in [-0.05, 0) is 124 Å². The van der Waals surface area contributed by atoms with Crippen LogP contribution >= 0.6 is 34.5 Å². The van der Waals surface area contributed by atoms with Crippen LogP contribution in [0.5, 0.6) is 0 Å². The zero-order valence-corrected chi connectivity index (χ0v) is 42.2. The molecule has 0 N–H and O–H groups in total. The Morgan fingerprint density at radius 2 is 0.970 bits per heavy atom. The predicted molar refractivity (Wildman–Crippen MR) is 295 cm³/mol. The maximum atomic E-state index is 7.04. The summed E-state index contributed by atoms with van der Waals surface area (Å²) in [5, 5.41) is 3.92. The minimum atomic E-state index is -0.224. The Balaban J connectivity index is 1.41. The number of benzene rings is 8. The van der Waals surface area contributed by atoms with Crippen molar-refractivity contribution in [1.29, 1.82) is 0 Å². The molecule has 5 heteroatoms. The van der Waals surface area contributed by atoms with Crippen molar-refractivity contribution in [1.82, 2.24) is 0 Å². The molecule has 0 bridgehead atoms. The van der Waals surface area contributed by atoms with Crippen molar-refractivity contribution in [2.75, 3.05) is 9.80 Å². The van der Waals surface area contributed by atoms with Crippen molar-refractivity contribution in [2.45, 2.75) is 91.4 Å². The van der Waals surface area contributed by atoms with E-state index in [2.05, 4.69) is 222 Å². The molecule has 338 valence electrons. The highest BCUT2D eigenvalue weighted by atomic mass is 35.5. The van der Waals surface area contributed by atoms with E-state index in [1.807, 2.05) is 23.5 Å². The molecule has 0 aliphatic rings. The topological polar surface area (TPSA) is 6.48 Å². The number of nitrogens with zero attached hydrogens (tertiary/aromatic N) is 2. The standard InChI is InChI=1S/C62H60Cl2N2S/c1-8-9-10-13-26-44-33-34-54-53-31-18-19-32-57(53)67-60(54)58(44)65(49-29-20-27-47(63)39-49)51-35-45(61(2,3)4)36-52(41-51)66(50-30-21-28-48(64)40-50)59-55(42-22-14-11-15-23-42)37-46(62(5,6)7)38-56(59)43-24-16-12-17-25-43/h11-12,14-25,27-41H,8-10,13,26H2,1-7H3. The number of hydrogen-bond acceptors (Lipinski definition) is 3. The lowest BCUT2D eigenvalue weighted by atomic mass is 9.81. The molecule has 67 heavy (non-hydrogen) atoms. The fourth-order valence-corrected chi connectivity index (χ4v) is 11.0. The van der Waals surface area contributed by atoms with Crippen LogP contribution in [0.1, 0.15) is 90.8 Å². The van der Waals surface area contributed by atoms with E-state index in [-0.39, 0.29) is 10.8 Å². The van der Waals surface area contributed by atoms with E-state index in [9.17, 15) is 0 Å². The van der Waals surface area contributed by atoms with Gasteiger partial charge in [0.05, 0.1) is 16.1 Å². The van der Waals surface area contributed by atoms with Crippen molar-refractivity contribution >= 4 is 88.8 Å². The van der Waals surface area contributed by atoms with E-state index in [0.717, 1.165) is 63.5 Å². The molecule has 0 saturated carbocycles. The normalized spacial score (nSPS) is 12.0. The van der Waals surface area contributed by atoms with Gasteiger partial charge in [0, 0.05) is 59.4 Å². The number of hydrogen-bond donors (Lipinski definition) is 0. The molecule has 0 atom stereocenters. The molecule has 9 aromatic rings. The average molecular weight is 936 g/mol. The van der Waals surface area contributed by atoms with Gasteiger partial charge in [0.1, 0.15) is 0 Å². The maximum Gasteiger partial charge on any atom is 0.0672 e. The van der Waals surface area contributed by atoms with Gasteiger partial charge in [-0.3, -0.25) is 0 Å². The molecule has 8 aromatic carbocycles. The molecule has 1 heterocycles. The number of thiophene rings is 1. The second-order valence-corrected chi connectivity index (χ2v) is 21.8. The molecule has 0 unspecified atom stereocenters. The summed E-state index contributed by atoms with van der Waals surface area (Å²) in [5.41, 5.74) is 14.4. The third-order valence-electron chi connectivity index (χ3n) is 12.9. The van der Waals surface area contributed by atoms with Crippen LogP contribution in [0.25, 0.3) is 42.4 Å². The first-order chi connectivity index (χ1) is 32.3. The summed E-state index contributed by atoms with van der Waals surface area (Å²) in [4.78, 5) is 4.97. The molecular weight excluding hydrogens is 876 g/mol. The highest BCUT2D eigenvalue weighted by Gasteiger charge is 2.30. The van der Waals surface area contributed by atoms with Crippen LogP contribution < -0.4 is 9.80 Å². The minimum Gasteiger partial charge on any atom is -0.309 e. The van der Waals surface area contributed by atoms with Crippen molar-refractivity contribution < 1.29 is 0 Å². The zero-order valence-electron chi connectivity index (χ0n) is 39.8. The fraction of sp³-hybridized carbons (Fsp3) is 0.226. The Morgan fingerprint density at radius 1 is 0.448 bits per heavy atom. The molecule has 0 amide bonds. The number of aryl methyl sites for hydroxylation is 1. The predicted octanol–water partition coefficient (Wildman–Crippen LogP) is 20.4. The van der Waals surface area contributed by atoms with Crippen molar-refractivity contribution in [3.05, 3.63) is 203 Å². The lowest BCUT2D eigenvalue weighted by Gasteiger charge is -2.35. The molecule has 0 radical (unpaired) electrons. The first-order valence-corrected chi connectivity index (χ1v) is 25.3. The number of rotatable bonds is 13. The third kappa shape index (κ3) is 9.79. The molecule has 1 aromatic heterocycles. The first kappa shape index (κ1) is 46.3. The summed E-state index contributed by atoms with van der Waals surface area (Å²) < 4.78 is 2.56. The molecule has 9 rings (SSSR count). The van der Waals surface area contributed by atoms with Gasteiger partial charge in [0.25, 0.3) is 0 Å². The summed E-state index contributed by atoms with van der Waals surface area (Å²) in [7, 11) is 0. The summed E-state index contributed by atoms with van der Waals surface area (Å²) in [6.07, 6.45) is 5.70. The number of fused-ring (bicyclic) bond motifs is 3. The van der Waals surface area contributed by atoms with Gasteiger partial charge in [-0.1, -0.05) is 194 Å². The van der Waals surface area contributed by atoms with Crippen LogP contribution in [0.2, 0.25) is 10.0 Å². The molecule has 0 aliphatic heterocycles. The Morgan fingerprint density at radius 3 is 1.51 bits per heavy atom. The van der Waals surface area contributed by atoms with E-state index in [1.54, 1.807) is 0 Å². The van der Waals surface area contributed by atoms with Crippen molar-refractivity contribution in [3.8, 4) is 22.3 Å². The van der Waals surface area contributed by atoms with Gasteiger partial charge in [0.2, 0.25) is 0 Å². The molecular formula is C62H60Cl2N2S. The van der Waals surface area contributed by atoms with E-state index >= 15 is 0 Å². The second-order valence-electron chi connectivity index (χ2n) is 19.9. The maximum absolute atomic E-state index is 7.04. The van der Waals surface area contributed by atoms with E-state index < -0.39 is 0 Å². The van der Waals surface area contributed by atoms with E-state index in [1.165, 1.54) is 61.8 Å². The zero-order chi connectivity index (χ0) is 46.9. The fourth-order valence-electron chi connectivity index (χ4n) is 9.32. The Hall–Kier alpha value is -5.84. The SMILES string of the molecule is CCCCCCc1ccc2c(sc3ccccc32)c1N(c1cccc(Cl)c1)c1cc(N(c2cccc(Cl)c2)c2c(-c3ccccc3)cc(C(C)(C)C)cc2-c2ccccc2)cc(C(C)(C)C)c1. The monoisotopic (exact) mass is 934 g/mol. The van der Waals surface area contributed by atoms with Crippen LogP contribution in [0, 0.1) is 0 Å².